The first kappa shape index (κ1) is 19.8. The smallest absolute Gasteiger partial charge is 0.346 e. The third-order valence-corrected chi connectivity index (χ3v) is 4.00. The first-order valence-electron chi connectivity index (χ1n) is 7.38. The Balaban J connectivity index is 2.06. The number of methoxy groups -OCH3 is 2. The first-order chi connectivity index (χ1) is 12.4. The van der Waals surface area contributed by atoms with Crippen molar-refractivity contribution < 1.29 is 23.8 Å². The summed E-state index contributed by atoms with van der Waals surface area (Å²) in [7, 11) is 2.82. The lowest BCUT2D eigenvalue weighted by atomic mass is 10.2. The maximum atomic E-state index is 12.3. The molecule has 0 atom stereocenters. The van der Waals surface area contributed by atoms with Gasteiger partial charge >= 0.3 is 5.97 Å². The molecular weight excluding hydrogens is 383 g/mol. The number of halogens is 2. The molecule has 1 heterocycles. The fraction of sp³-hybridized carbons (Fsp3) is 0.235. The highest BCUT2D eigenvalue weighted by atomic mass is 35.5. The van der Waals surface area contributed by atoms with Crippen LogP contribution in [-0.2, 0) is 9.53 Å². The number of esters is 1. The molecule has 0 aliphatic carbocycles. The summed E-state index contributed by atoms with van der Waals surface area (Å²) in [5.41, 5.74) is 0.589. The van der Waals surface area contributed by atoms with Crippen LogP contribution in [0.4, 0.5) is 5.82 Å². The number of aryl methyl sites for hydroxylation is 1. The number of rotatable bonds is 6. The Hall–Kier alpha value is -2.51. The Labute approximate surface area is 160 Å². The van der Waals surface area contributed by atoms with E-state index < -0.39 is 18.5 Å². The van der Waals surface area contributed by atoms with Crippen LogP contribution in [0.2, 0.25) is 10.0 Å². The van der Waals surface area contributed by atoms with Crippen molar-refractivity contribution in [1.29, 1.82) is 0 Å². The van der Waals surface area contributed by atoms with E-state index in [9.17, 15) is 9.59 Å². The normalized spacial score (nSPS) is 10.2. The molecule has 1 amide bonds. The summed E-state index contributed by atoms with van der Waals surface area (Å²) in [5.74, 6) is -0.700. The minimum absolute atomic E-state index is 0.0868. The minimum atomic E-state index is -0.763. The highest BCUT2D eigenvalue weighted by Gasteiger charge is 2.21. The monoisotopic (exact) mass is 398 g/mol. The zero-order chi connectivity index (χ0) is 19.3. The third kappa shape index (κ3) is 4.56. The molecule has 0 aliphatic heterocycles. The summed E-state index contributed by atoms with van der Waals surface area (Å²) in [6, 6.07) is 6.29. The maximum Gasteiger partial charge on any atom is 0.346 e. The van der Waals surface area contributed by atoms with E-state index in [1.807, 2.05) is 0 Å². The second-order valence-electron chi connectivity index (χ2n) is 5.05. The lowest BCUT2D eigenvalue weighted by molar-refractivity contribution is -0.119. The Morgan fingerprint density at radius 3 is 2.31 bits per heavy atom. The summed E-state index contributed by atoms with van der Waals surface area (Å²) in [4.78, 5) is 28.4. The lowest BCUT2D eigenvalue weighted by Crippen LogP contribution is -2.22. The van der Waals surface area contributed by atoms with Gasteiger partial charge in [0.2, 0.25) is 0 Å². The fourth-order valence-corrected chi connectivity index (χ4v) is 2.48. The van der Waals surface area contributed by atoms with Crippen LogP contribution in [0.5, 0.6) is 11.5 Å². The van der Waals surface area contributed by atoms with Crippen LogP contribution in [0.3, 0.4) is 0 Å². The molecule has 0 fully saturated rings. The molecular formula is C17H16Cl2N2O5. The Morgan fingerprint density at radius 2 is 1.73 bits per heavy atom. The fourth-order valence-electron chi connectivity index (χ4n) is 2.07. The molecule has 9 heteroatoms. The van der Waals surface area contributed by atoms with Gasteiger partial charge in [0.1, 0.15) is 17.1 Å². The molecule has 0 bridgehead atoms. The largest absolute Gasteiger partial charge is 0.496 e. The van der Waals surface area contributed by atoms with E-state index >= 15 is 0 Å². The van der Waals surface area contributed by atoms with Crippen LogP contribution in [0.25, 0.3) is 0 Å². The summed E-state index contributed by atoms with van der Waals surface area (Å²) >= 11 is 11.9. The van der Waals surface area contributed by atoms with Gasteiger partial charge in [-0.2, -0.15) is 0 Å². The molecule has 1 aromatic heterocycles. The number of carbonyl (C=O) groups is 2. The van der Waals surface area contributed by atoms with Crippen molar-refractivity contribution in [2.75, 3.05) is 26.1 Å². The molecule has 138 valence electrons. The molecule has 0 spiro atoms. The van der Waals surface area contributed by atoms with Crippen molar-refractivity contribution in [3.8, 4) is 11.5 Å². The molecule has 0 unspecified atom stereocenters. The molecule has 0 radical (unpaired) electrons. The molecule has 2 aromatic rings. The Kier molecular flexibility index (Phi) is 6.65. The van der Waals surface area contributed by atoms with Gasteiger partial charge in [0.15, 0.2) is 12.4 Å². The maximum absolute atomic E-state index is 12.3. The zero-order valence-corrected chi connectivity index (χ0v) is 15.8. The first-order valence-corrected chi connectivity index (χ1v) is 8.13. The Morgan fingerprint density at radius 1 is 1.12 bits per heavy atom. The highest BCUT2D eigenvalue weighted by Crippen LogP contribution is 2.29. The molecule has 2 rings (SSSR count). The second-order valence-corrected chi connectivity index (χ2v) is 5.86. The number of aromatic nitrogens is 1. The van der Waals surface area contributed by atoms with Crippen LogP contribution in [-0.4, -0.2) is 37.7 Å². The third-order valence-electron chi connectivity index (χ3n) is 3.33. The number of pyridine rings is 1. The van der Waals surface area contributed by atoms with Crippen molar-refractivity contribution in [1.82, 2.24) is 4.98 Å². The van der Waals surface area contributed by atoms with Gasteiger partial charge in [-0.1, -0.05) is 29.3 Å². The molecule has 26 heavy (non-hydrogen) atoms. The van der Waals surface area contributed by atoms with Gasteiger partial charge in [0.25, 0.3) is 5.91 Å². The molecule has 1 N–H and O–H groups in total. The topological polar surface area (TPSA) is 86.8 Å². The highest BCUT2D eigenvalue weighted by molar-refractivity contribution is 6.36. The van der Waals surface area contributed by atoms with E-state index in [-0.39, 0.29) is 27.9 Å². The van der Waals surface area contributed by atoms with Gasteiger partial charge in [-0.05, 0) is 25.1 Å². The van der Waals surface area contributed by atoms with E-state index in [0.29, 0.717) is 10.7 Å². The quantitative estimate of drug-likeness (QED) is 0.749. The average molecular weight is 399 g/mol. The van der Waals surface area contributed by atoms with Crippen molar-refractivity contribution in [2.45, 2.75) is 6.92 Å². The predicted octanol–water partition coefficient (Wildman–Crippen LogP) is 3.51. The van der Waals surface area contributed by atoms with Crippen molar-refractivity contribution in [3.63, 3.8) is 0 Å². The number of hydrogen-bond donors (Lipinski definition) is 1. The SMILES string of the molecule is COc1cccc(OC)c1C(=O)OCC(=O)Nc1nc(C)c(Cl)cc1Cl. The molecule has 0 saturated carbocycles. The standard InChI is InChI=1S/C17H16Cl2N2O5/c1-9-10(18)7-11(19)16(20-9)21-14(22)8-26-17(23)15-12(24-2)5-4-6-13(15)25-3/h4-7H,8H2,1-3H3,(H,20,21,22). The number of carbonyl (C=O) groups excluding carboxylic acids is 2. The molecule has 0 saturated heterocycles. The second kappa shape index (κ2) is 8.73. The molecule has 0 aliphatic rings. The van der Waals surface area contributed by atoms with Crippen LogP contribution < -0.4 is 14.8 Å². The van der Waals surface area contributed by atoms with Crippen LogP contribution >= 0.6 is 23.2 Å². The number of hydrogen-bond acceptors (Lipinski definition) is 6. The van der Waals surface area contributed by atoms with Gasteiger partial charge in [-0.15, -0.1) is 0 Å². The number of ether oxygens (including phenoxy) is 3. The summed E-state index contributed by atoms with van der Waals surface area (Å²) < 4.78 is 15.3. The van der Waals surface area contributed by atoms with Crippen molar-refractivity contribution in [3.05, 3.63) is 45.6 Å². The minimum Gasteiger partial charge on any atom is -0.496 e. The van der Waals surface area contributed by atoms with E-state index in [1.165, 1.54) is 20.3 Å². The van der Waals surface area contributed by atoms with Gasteiger partial charge in [0, 0.05) is 0 Å². The van der Waals surface area contributed by atoms with Gasteiger partial charge in [0.05, 0.1) is 30.0 Å². The molecule has 1 aromatic carbocycles. The van der Waals surface area contributed by atoms with Crippen molar-refractivity contribution >= 4 is 40.9 Å². The summed E-state index contributed by atoms with van der Waals surface area (Å²) in [5, 5.41) is 3.01. The van der Waals surface area contributed by atoms with Gasteiger partial charge in [-0.3, -0.25) is 4.79 Å². The number of anilines is 1. The average Bonchev–Trinajstić information content (AvgIpc) is 2.63. The van der Waals surface area contributed by atoms with E-state index in [1.54, 1.807) is 25.1 Å². The molecule has 7 nitrogen and oxygen atoms in total. The van der Waals surface area contributed by atoms with Gasteiger partial charge < -0.3 is 19.5 Å². The summed E-state index contributed by atoms with van der Waals surface area (Å²) in [6.45, 7) is 1.13. The summed E-state index contributed by atoms with van der Waals surface area (Å²) in [6.07, 6.45) is 0. The zero-order valence-electron chi connectivity index (χ0n) is 14.3. The number of nitrogens with one attached hydrogen (secondary N) is 1. The van der Waals surface area contributed by atoms with Crippen molar-refractivity contribution in [2.24, 2.45) is 0 Å². The number of nitrogens with zero attached hydrogens (tertiary/aromatic N) is 1. The predicted molar refractivity (Wildman–Crippen MR) is 97.5 cm³/mol. The van der Waals surface area contributed by atoms with E-state index in [0.717, 1.165) is 0 Å². The number of amides is 1. The van der Waals surface area contributed by atoms with E-state index in [4.69, 9.17) is 37.4 Å². The number of benzene rings is 1. The van der Waals surface area contributed by atoms with Crippen LogP contribution in [0, 0.1) is 6.92 Å². The van der Waals surface area contributed by atoms with Crippen LogP contribution in [0.1, 0.15) is 16.1 Å². The van der Waals surface area contributed by atoms with Crippen LogP contribution in [0.15, 0.2) is 24.3 Å². The van der Waals surface area contributed by atoms with E-state index in [2.05, 4.69) is 10.3 Å². The van der Waals surface area contributed by atoms with Gasteiger partial charge in [-0.25, -0.2) is 9.78 Å². The lowest BCUT2D eigenvalue weighted by Gasteiger charge is -2.12. The Bertz CT molecular complexity index is 820.